The number of ketones is 1. The predicted molar refractivity (Wildman–Crippen MR) is 117 cm³/mol. The molecule has 0 saturated carbocycles. The van der Waals surface area contributed by atoms with Crippen LogP contribution >= 0.6 is 0 Å². The summed E-state index contributed by atoms with van der Waals surface area (Å²) in [5, 5.41) is 0. The van der Waals surface area contributed by atoms with Crippen LogP contribution in [-0.2, 0) is 23.9 Å². The Labute approximate surface area is 199 Å². The maximum atomic E-state index is 13.5. The molecular weight excluding hydrogens is 464 g/mol. The number of fused-ring (bicyclic) bond motifs is 1. The summed E-state index contributed by atoms with van der Waals surface area (Å²) in [5.74, 6) is -3.50. The third-order valence-electron chi connectivity index (χ3n) is 4.66. The number of ether oxygens (including phenoxy) is 6. The Bertz CT molecular complexity index is 1210. The predicted octanol–water partition coefficient (Wildman–Crippen LogP) is 2.72. The molecule has 1 heterocycles. The van der Waals surface area contributed by atoms with Gasteiger partial charge in [0.1, 0.15) is 22.8 Å². The lowest BCUT2D eigenvalue weighted by Crippen LogP contribution is -2.40. The lowest BCUT2D eigenvalue weighted by atomic mass is 9.92. The number of Topliss-reactive ketones (excluding diaryl/α,β-unsaturated/α-hetero) is 1. The highest BCUT2D eigenvalue weighted by molar-refractivity contribution is 6.07. The molecule has 1 aliphatic heterocycles. The van der Waals surface area contributed by atoms with E-state index in [-0.39, 0.29) is 39.9 Å². The Morgan fingerprint density at radius 1 is 0.771 bits per heavy atom. The monoisotopic (exact) mass is 486 g/mol. The van der Waals surface area contributed by atoms with Gasteiger partial charge in [-0.3, -0.25) is 24.0 Å². The van der Waals surface area contributed by atoms with Gasteiger partial charge in [0.05, 0.1) is 7.11 Å². The molecule has 0 radical (unpaired) electrons. The minimum Gasteiger partial charge on any atom is -0.496 e. The van der Waals surface area contributed by atoms with Crippen LogP contribution in [0.4, 0.5) is 0 Å². The Morgan fingerprint density at radius 3 is 1.94 bits per heavy atom. The lowest BCUT2D eigenvalue weighted by Gasteiger charge is -2.33. The molecule has 0 N–H and O–H groups in total. The average Bonchev–Trinajstić information content (AvgIpc) is 2.75. The number of carbonyl (C=O) groups excluding carboxylic acids is 5. The fourth-order valence-electron chi connectivity index (χ4n) is 3.45. The molecule has 3 rings (SSSR count). The van der Waals surface area contributed by atoms with Crippen molar-refractivity contribution < 1.29 is 52.4 Å². The van der Waals surface area contributed by atoms with Gasteiger partial charge in [0.2, 0.25) is 11.9 Å². The maximum absolute atomic E-state index is 13.5. The van der Waals surface area contributed by atoms with Crippen LogP contribution in [0, 0.1) is 0 Å². The van der Waals surface area contributed by atoms with Gasteiger partial charge in [-0.05, 0) is 12.1 Å². The normalized spacial score (nSPS) is 16.3. The van der Waals surface area contributed by atoms with Crippen molar-refractivity contribution in [2.75, 3.05) is 7.11 Å². The molecule has 0 saturated heterocycles. The van der Waals surface area contributed by atoms with Crippen molar-refractivity contribution in [2.45, 2.75) is 39.9 Å². The fourth-order valence-corrected chi connectivity index (χ4v) is 3.45. The second-order valence-electron chi connectivity index (χ2n) is 7.42. The molecule has 184 valence electrons. The molecule has 0 aliphatic carbocycles. The molecule has 0 bridgehead atoms. The van der Waals surface area contributed by atoms with Crippen LogP contribution in [0.1, 0.15) is 49.7 Å². The van der Waals surface area contributed by atoms with Crippen molar-refractivity contribution in [3.05, 3.63) is 41.5 Å². The van der Waals surface area contributed by atoms with Crippen molar-refractivity contribution in [1.29, 1.82) is 0 Å². The van der Waals surface area contributed by atoms with Gasteiger partial charge in [-0.1, -0.05) is 6.07 Å². The van der Waals surface area contributed by atoms with E-state index in [1.807, 2.05) is 0 Å². The van der Waals surface area contributed by atoms with Crippen molar-refractivity contribution >= 4 is 29.7 Å². The summed E-state index contributed by atoms with van der Waals surface area (Å²) in [6.07, 6.45) is -2.68. The Kier molecular flexibility index (Phi) is 7.38. The molecule has 11 heteroatoms. The molecule has 11 nitrogen and oxygen atoms in total. The molecule has 0 spiro atoms. The van der Waals surface area contributed by atoms with Crippen LogP contribution in [0.5, 0.6) is 28.7 Å². The smallest absolute Gasteiger partial charge is 0.308 e. The van der Waals surface area contributed by atoms with Crippen LogP contribution in [0.15, 0.2) is 30.3 Å². The Balaban J connectivity index is 2.16. The lowest BCUT2D eigenvalue weighted by molar-refractivity contribution is -0.149. The fraction of sp³-hybridized carbons (Fsp3) is 0.292. The second kappa shape index (κ2) is 10.2. The van der Waals surface area contributed by atoms with E-state index < -0.39 is 41.9 Å². The van der Waals surface area contributed by atoms with E-state index in [1.54, 1.807) is 0 Å². The first-order valence-corrected chi connectivity index (χ1v) is 10.3. The van der Waals surface area contributed by atoms with Gasteiger partial charge >= 0.3 is 23.9 Å². The number of hydrogen-bond acceptors (Lipinski definition) is 11. The van der Waals surface area contributed by atoms with E-state index in [0.717, 1.165) is 20.8 Å². The number of benzene rings is 2. The number of carbonyl (C=O) groups is 5. The standard InChI is InChI=1S/C24H22O11/c1-11(25)31-17-7-6-15(8-18(17)32-12(2)26)23-24(34-14(4)28)22(29)21-19(33-13(3)27)9-16(30-5)10-20(21)35-23/h6-10,23-24H,1-5H3/t23-,24+/m0/s1. The summed E-state index contributed by atoms with van der Waals surface area (Å²) in [4.78, 5) is 59.9. The number of hydrogen-bond donors (Lipinski definition) is 0. The summed E-state index contributed by atoms with van der Waals surface area (Å²) in [7, 11) is 1.38. The maximum Gasteiger partial charge on any atom is 0.308 e. The first-order chi connectivity index (χ1) is 16.5. The van der Waals surface area contributed by atoms with Crippen LogP contribution in [0.3, 0.4) is 0 Å². The van der Waals surface area contributed by atoms with Crippen LogP contribution in [-0.4, -0.2) is 42.9 Å². The Hall–Kier alpha value is -4.41. The highest BCUT2D eigenvalue weighted by Crippen LogP contribution is 2.44. The summed E-state index contributed by atoms with van der Waals surface area (Å²) >= 11 is 0. The zero-order chi connectivity index (χ0) is 25.9. The van der Waals surface area contributed by atoms with Crippen LogP contribution in [0.25, 0.3) is 0 Å². The molecular formula is C24H22O11. The first kappa shape index (κ1) is 25.2. The molecule has 2 aromatic rings. The SMILES string of the molecule is COc1cc(OC(C)=O)c2c(c1)O[C@@H](c1ccc(OC(C)=O)c(OC(C)=O)c1)[C@H](OC(C)=O)C2=O. The summed E-state index contributed by atoms with van der Waals surface area (Å²) < 4.78 is 31.9. The van der Waals surface area contributed by atoms with Crippen LogP contribution < -0.4 is 23.7 Å². The quantitative estimate of drug-likeness (QED) is 0.439. The van der Waals surface area contributed by atoms with Crippen molar-refractivity contribution in [1.82, 2.24) is 0 Å². The minimum atomic E-state index is -1.48. The molecule has 0 fully saturated rings. The highest BCUT2D eigenvalue weighted by Gasteiger charge is 2.43. The molecule has 35 heavy (non-hydrogen) atoms. The van der Waals surface area contributed by atoms with Gasteiger partial charge in [0, 0.05) is 45.4 Å². The zero-order valence-electron chi connectivity index (χ0n) is 19.5. The van der Waals surface area contributed by atoms with E-state index >= 15 is 0 Å². The third-order valence-corrected chi connectivity index (χ3v) is 4.66. The van der Waals surface area contributed by atoms with E-state index in [1.165, 1.54) is 44.4 Å². The summed E-state index contributed by atoms with van der Waals surface area (Å²) in [6.45, 7) is 4.62. The zero-order valence-corrected chi connectivity index (χ0v) is 19.5. The van der Waals surface area contributed by atoms with E-state index in [9.17, 15) is 24.0 Å². The third kappa shape index (κ3) is 5.75. The molecule has 0 unspecified atom stereocenters. The topological polar surface area (TPSA) is 141 Å². The van der Waals surface area contributed by atoms with Gasteiger partial charge in [-0.25, -0.2) is 0 Å². The minimum absolute atomic E-state index is 0.0112. The Morgan fingerprint density at radius 2 is 1.37 bits per heavy atom. The van der Waals surface area contributed by atoms with Gasteiger partial charge in [-0.15, -0.1) is 0 Å². The number of rotatable bonds is 6. The summed E-state index contributed by atoms with van der Waals surface area (Å²) in [5.41, 5.74) is 0.152. The summed E-state index contributed by atoms with van der Waals surface area (Å²) in [6, 6.07) is 6.87. The van der Waals surface area contributed by atoms with Crippen molar-refractivity contribution in [3.8, 4) is 28.7 Å². The number of methoxy groups -OCH3 is 1. The van der Waals surface area contributed by atoms with Crippen LogP contribution in [0.2, 0.25) is 0 Å². The average molecular weight is 486 g/mol. The molecule has 2 aromatic carbocycles. The molecule has 0 aromatic heterocycles. The van der Waals surface area contributed by atoms with Crippen molar-refractivity contribution in [2.24, 2.45) is 0 Å². The highest BCUT2D eigenvalue weighted by atomic mass is 16.6. The van der Waals surface area contributed by atoms with Gasteiger partial charge in [-0.2, -0.15) is 0 Å². The van der Waals surface area contributed by atoms with Gasteiger partial charge < -0.3 is 28.4 Å². The van der Waals surface area contributed by atoms with Gasteiger partial charge in [0.15, 0.2) is 17.6 Å². The van der Waals surface area contributed by atoms with Gasteiger partial charge in [0.25, 0.3) is 0 Å². The number of esters is 4. The first-order valence-electron chi connectivity index (χ1n) is 10.3. The molecule has 0 amide bonds. The van der Waals surface area contributed by atoms with E-state index in [0.29, 0.717) is 0 Å². The van der Waals surface area contributed by atoms with E-state index in [2.05, 4.69) is 0 Å². The second-order valence-corrected chi connectivity index (χ2v) is 7.42. The van der Waals surface area contributed by atoms with Crippen molar-refractivity contribution in [3.63, 3.8) is 0 Å². The molecule has 1 aliphatic rings. The largest absolute Gasteiger partial charge is 0.496 e. The van der Waals surface area contributed by atoms with E-state index in [4.69, 9.17) is 28.4 Å². The molecule has 2 atom stereocenters.